The predicted molar refractivity (Wildman–Crippen MR) is 141 cm³/mol. The van der Waals surface area contributed by atoms with Gasteiger partial charge in [-0.2, -0.15) is 0 Å². The Labute approximate surface area is 222 Å². The molecule has 9 nitrogen and oxygen atoms in total. The third-order valence-corrected chi connectivity index (χ3v) is 6.73. The third kappa shape index (κ3) is 6.60. The highest BCUT2D eigenvalue weighted by atomic mass is 16.5. The molecule has 1 aromatic heterocycles. The van der Waals surface area contributed by atoms with Gasteiger partial charge in [0, 0.05) is 38.8 Å². The van der Waals surface area contributed by atoms with Crippen LogP contribution in [0.3, 0.4) is 0 Å². The average Bonchev–Trinajstić information content (AvgIpc) is 3.30. The van der Waals surface area contributed by atoms with Crippen LogP contribution in [0.5, 0.6) is 17.2 Å². The predicted octanol–water partition coefficient (Wildman–Crippen LogP) is 2.48. The van der Waals surface area contributed by atoms with Crippen molar-refractivity contribution < 1.29 is 23.8 Å². The number of nitrogens with zero attached hydrogens (tertiary/aromatic N) is 2. The maximum atomic E-state index is 13.0. The number of likely N-dealkylation sites (tertiary alicyclic amines) is 1. The van der Waals surface area contributed by atoms with Crippen molar-refractivity contribution in [2.45, 2.75) is 38.1 Å². The van der Waals surface area contributed by atoms with Gasteiger partial charge in [0.1, 0.15) is 11.9 Å². The van der Waals surface area contributed by atoms with E-state index in [4.69, 9.17) is 14.2 Å². The van der Waals surface area contributed by atoms with Crippen molar-refractivity contribution in [1.29, 1.82) is 0 Å². The molecule has 5 aliphatic heterocycles. The molecule has 0 radical (unpaired) electrons. The standard InChI is InChI=1S/C29H32N4O5/c1-36-26-14-20-7-11-25(26)37-19-29(35)31-15-21-5-9-23(10-6-21)38-27-18-33(16-22-4-2-3-13-30-22)17-24(27)32-28(34)12-8-20/h2-7,9-11,13-14,24,27H,8,12,15-19H2,1H3,(H,31,35)(H,32,34)/t24-,27-/m0/s1. The van der Waals surface area contributed by atoms with Crippen molar-refractivity contribution in [3.8, 4) is 17.2 Å². The van der Waals surface area contributed by atoms with Crippen molar-refractivity contribution in [2.24, 2.45) is 0 Å². The number of nitrogens with one attached hydrogen (secondary N) is 2. The lowest BCUT2D eigenvalue weighted by Crippen LogP contribution is -2.45. The highest BCUT2D eigenvalue weighted by Gasteiger charge is 2.35. The van der Waals surface area contributed by atoms with Crippen LogP contribution in [0.15, 0.2) is 66.9 Å². The number of ether oxygens (including phenoxy) is 3. The molecule has 1 saturated heterocycles. The van der Waals surface area contributed by atoms with Gasteiger partial charge in [0.15, 0.2) is 18.1 Å². The lowest BCUT2D eigenvalue weighted by atomic mass is 10.1. The Hall–Kier alpha value is -4.11. The first kappa shape index (κ1) is 25.5. The normalized spacial score (nSPS) is 20.6. The van der Waals surface area contributed by atoms with Crippen LogP contribution >= 0.6 is 0 Å². The topological polar surface area (TPSA) is 102 Å². The maximum Gasteiger partial charge on any atom is 0.258 e. The summed E-state index contributed by atoms with van der Waals surface area (Å²) in [6.07, 6.45) is 2.44. The molecule has 0 spiro atoms. The second-order valence-electron chi connectivity index (χ2n) is 9.54. The molecule has 0 unspecified atom stereocenters. The summed E-state index contributed by atoms with van der Waals surface area (Å²) in [5.74, 6) is 1.45. The number of carbonyl (C=O) groups excluding carboxylic acids is 2. The first-order valence-electron chi connectivity index (χ1n) is 12.8. The lowest BCUT2D eigenvalue weighted by molar-refractivity contribution is -0.123. The molecule has 0 aliphatic carbocycles. The summed E-state index contributed by atoms with van der Waals surface area (Å²) in [5.41, 5.74) is 2.86. The van der Waals surface area contributed by atoms with Crippen molar-refractivity contribution in [3.05, 3.63) is 83.7 Å². The van der Waals surface area contributed by atoms with Crippen LogP contribution in [-0.4, -0.2) is 60.7 Å². The summed E-state index contributed by atoms with van der Waals surface area (Å²) in [6.45, 7) is 2.25. The summed E-state index contributed by atoms with van der Waals surface area (Å²) >= 11 is 0. The van der Waals surface area contributed by atoms with Crippen molar-refractivity contribution in [1.82, 2.24) is 20.5 Å². The van der Waals surface area contributed by atoms with Crippen LogP contribution < -0.4 is 24.8 Å². The van der Waals surface area contributed by atoms with E-state index < -0.39 is 0 Å². The largest absolute Gasteiger partial charge is 0.493 e. The van der Waals surface area contributed by atoms with E-state index in [1.165, 1.54) is 0 Å². The number of hydrogen-bond donors (Lipinski definition) is 2. The number of aromatic nitrogens is 1. The van der Waals surface area contributed by atoms with E-state index >= 15 is 0 Å². The fraction of sp³-hybridized carbons (Fsp3) is 0.345. The highest BCUT2D eigenvalue weighted by Crippen LogP contribution is 2.29. The van der Waals surface area contributed by atoms with Gasteiger partial charge in [-0.3, -0.25) is 19.5 Å². The zero-order valence-corrected chi connectivity index (χ0v) is 21.4. The van der Waals surface area contributed by atoms with E-state index in [0.29, 0.717) is 56.3 Å². The number of benzene rings is 2. The number of carbonyl (C=O) groups is 2. The summed E-state index contributed by atoms with van der Waals surface area (Å²) in [4.78, 5) is 32.0. The van der Waals surface area contributed by atoms with E-state index in [9.17, 15) is 9.59 Å². The van der Waals surface area contributed by atoms with Crippen LogP contribution in [0.4, 0.5) is 0 Å². The van der Waals surface area contributed by atoms with E-state index in [1.807, 2.05) is 54.6 Å². The van der Waals surface area contributed by atoms with Crippen LogP contribution in [-0.2, 0) is 29.1 Å². The molecule has 2 atom stereocenters. The minimum atomic E-state index is -0.232. The average molecular weight is 517 g/mol. The first-order chi connectivity index (χ1) is 18.6. The second-order valence-corrected chi connectivity index (χ2v) is 9.54. The smallest absolute Gasteiger partial charge is 0.258 e. The molecule has 0 saturated carbocycles. The summed E-state index contributed by atoms with van der Waals surface area (Å²) in [5, 5.41) is 6.08. The van der Waals surface area contributed by atoms with Gasteiger partial charge in [-0.05, 0) is 53.9 Å². The first-order valence-corrected chi connectivity index (χ1v) is 12.8. The van der Waals surface area contributed by atoms with Crippen molar-refractivity contribution in [3.63, 3.8) is 0 Å². The highest BCUT2D eigenvalue weighted by molar-refractivity contribution is 5.78. The number of amides is 2. The number of pyridine rings is 1. The molecule has 8 rings (SSSR count). The summed E-state index contributed by atoms with van der Waals surface area (Å²) < 4.78 is 17.5. The van der Waals surface area contributed by atoms with Gasteiger partial charge in [0.2, 0.25) is 5.91 Å². The monoisotopic (exact) mass is 516 g/mol. The van der Waals surface area contributed by atoms with Gasteiger partial charge in [-0.1, -0.05) is 24.3 Å². The maximum absolute atomic E-state index is 13.0. The van der Waals surface area contributed by atoms with Gasteiger partial charge < -0.3 is 24.8 Å². The molecule has 9 heteroatoms. The number of rotatable bonds is 3. The van der Waals surface area contributed by atoms with Gasteiger partial charge >= 0.3 is 0 Å². The fourth-order valence-electron chi connectivity index (χ4n) is 4.74. The van der Waals surface area contributed by atoms with E-state index in [0.717, 1.165) is 16.8 Å². The molecule has 4 bridgehead atoms. The molecule has 198 valence electrons. The summed E-state index contributed by atoms with van der Waals surface area (Å²) in [7, 11) is 1.55. The molecule has 6 heterocycles. The Balaban J connectivity index is 1.35. The lowest BCUT2D eigenvalue weighted by Gasteiger charge is -2.22. The number of hydrogen-bond acceptors (Lipinski definition) is 7. The second kappa shape index (κ2) is 12.0. The van der Waals surface area contributed by atoms with Crippen LogP contribution in [0, 0.1) is 0 Å². The molecule has 38 heavy (non-hydrogen) atoms. The Morgan fingerprint density at radius 2 is 1.84 bits per heavy atom. The minimum Gasteiger partial charge on any atom is -0.493 e. The summed E-state index contributed by atoms with van der Waals surface area (Å²) in [6, 6.07) is 18.8. The van der Waals surface area contributed by atoms with Gasteiger partial charge in [0.25, 0.3) is 5.91 Å². The van der Waals surface area contributed by atoms with Crippen LogP contribution in [0.2, 0.25) is 0 Å². The van der Waals surface area contributed by atoms with E-state index in [2.05, 4.69) is 20.5 Å². The van der Waals surface area contributed by atoms with Crippen LogP contribution in [0.25, 0.3) is 0 Å². The Morgan fingerprint density at radius 1 is 1.00 bits per heavy atom. The third-order valence-electron chi connectivity index (χ3n) is 6.73. The van der Waals surface area contributed by atoms with Gasteiger partial charge in [-0.15, -0.1) is 0 Å². The zero-order chi connectivity index (χ0) is 26.3. The molecule has 3 aromatic rings. The molecule has 2 amide bonds. The van der Waals surface area contributed by atoms with Crippen LogP contribution in [0.1, 0.15) is 23.2 Å². The van der Waals surface area contributed by atoms with E-state index in [-0.39, 0.29) is 30.6 Å². The van der Waals surface area contributed by atoms with Crippen molar-refractivity contribution >= 4 is 11.8 Å². The fourth-order valence-corrected chi connectivity index (χ4v) is 4.74. The quantitative estimate of drug-likeness (QED) is 0.552. The SMILES string of the molecule is COc1cc2ccc1OCC(=O)NCc1ccc(cc1)O[C@H]1CN(Cc3ccccn3)C[C@@H]1NC(=O)CC2. The number of methoxy groups -OCH3 is 1. The molecule has 2 N–H and O–H groups in total. The van der Waals surface area contributed by atoms with E-state index in [1.54, 1.807) is 19.4 Å². The molecular weight excluding hydrogens is 484 g/mol. The van der Waals surface area contributed by atoms with Gasteiger partial charge in [-0.25, -0.2) is 0 Å². The molecule has 1 fully saturated rings. The molecular formula is C29H32N4O5. The number of aryl methyl sites for hydroxylation is 1. The Kier molecular flexibility index (Phi) is 8.04. The Morgan fingerprint density at radius 3 is 2.63 bits per heavy atom. The molecule has 5 aliphatic rings. The Bertz CT molecular complexity index is 1250. The molecule has 2 aromatic carbocycles. The minimum absolute atomic E-state index is 0.0380. The van der Waals surface area contributed by atoms with Crippen molar-refractivity contribution in [2.75, 3.05) is 26.8 Å². The zero-order valence-electron chi connectivity index (χ0n) is 21.4. The van der Waals surface area contributed by atoms with Gasteiger partial charge in [0.05, 0.1) is 18.8 Å².